The zero-order valence-electron chi connectivity index (χ0n) is 19.6. The number of carbonyl (C=O) groups excluding carboxylic acids is 1. The second-order valence-electron chi connectivity index (χ2n) is 9.07. The Balaban J connectivity index is 2.23. The molecule has 2 atom stereocenters. The molecule has 0 saturated heterocycles. The highest BCUT2D eigenvalue weighted by Gasteiger charge is 2.25. The molecular weight excluding hydrogens is 477 g/mol. The first kappa shape index (κ1) is 25.8. The van der Waals surface area contributed by atoms with E-state index >= 15 is 0 Å². The maximum Gasteiger partial charge on any atom is 0.250 e. The molecule has 0 spiro atoms. The van der Waals surface area contributed by atoms with E-state index in [0.29, 0.717) is 16.7 Å². The highest BCUT2D eigenvalue weighted by atomic mass is 35.5. The lowest BCUT2D eigenvalue weighted by atomic mass is 9.90. The number of nitrogens with one attached hydrogen (secondary N) is 1. The van der Waals surface area contributed by atoms with Gasteiger partial charge in [-0.05, 0) is 75.2 Å². The zero-order chi connectivity index (χ0) is 25.4. The Kier molecular flexibility index (Phi) is 7.45. The van der Waals surface area contributed by atoms with Crippen LogP contribution in [0.25, 0.3) is 11.1 Å². The van der Waals surface area contributed by atoms with Crippen LogP contribution in [0.3, 0.4) is 0 Å². The van der Waals surface area contributed by atoms with Gasteiger partial charge in [-0.2, -0.15) is 0 Å². The molecule has 3 aromatic rings. The molecule has 0 saturated carbocycles. The second kappa shape index (κ2) is 9.82. The van der Waals surface area contributed by atoms with E-state index < -0.39 is 27.6 Å². The van der Waals surface area contributed by atoms with E-state index in [0.717, 1.165) is 0 Å². The Bertz CT molecular complexity index is 1330. The van der Waals surface area contributed by atoms with E-state index in [1.807, 2.05) is 20.8 Å². The molecule has 0 bridgehead atoms. The number of hydrogen-bond donors (Lipinski definition) is 2. The van der Waals surface area contributed by atoms with Gasteiger partial charge in [0.25, 0.3) is 5.56 Å². The minimum absolute atomic E-state index is 0.195. The highest BCUT2D eigenvalue weighted by molar-refractivity contribution is 7.84. The van der Waals surface area contributed by atoms with Crippen molar-refractivity contribution in [3.05, 3.63) is 86.5 Å². The largest absolute Gasteiger partial charge is 0.398 e. The van der Waals surface area contributed by atoms with Crippen molar-refractivity contribution >= 4 is 34.1 Å². The third-order valence-corrected chi connectivity index (χ3v) is 7.35. The van der Waals surface area contributed by atoms with Crippen molar-refractivity contribution in [2.45, 2.75) is 38.5 Å². The van der Waals surface area contributed by atoms with Crippen molar-refractivity contribution < 1.29 is 13.4 Å². The molecule has 9 heteroatoms. The smallest absolute Gasteiger partial charge is 0.250 e. The normalized spacial score (nSPS) is 13.5. The third-order valence-electron chi connectivity index (χ3n) is 5.34. The molecule has 0 aliphatic heterocycles. The van der Waals surface area contributed by atoms with Gasteiger partial charge in [-0.3, -0.25) is 9.59 Å². The highest BCUT2D eigenvalue weighted by Crippen LogP contribution is 2.36. The Hall–Kier alpha value is -2.81. The van der Waals surface area contributed by atoms with Crippen LogP contribution in [0.1, 0.15) is 55.2 Å². The van der Waals surface area contributed by atoms with Crippen LogP contribution in [0.5, 0.6) is 0 Å². The number of ketones is 1. The van der Waals surface area contributed by atoms with Crippen molar-refractivity contribution in [3.63, 3.8) is 0 Å². The summed E-state index contributed by atoms with van der Waals surface area (Å²) < 4.78 is 30.1. The number of aryl methyl sites for hydroxylation is 1. The average molecular weight is 504 g/mol. The van der Waals surface area contributed by atoms with Crippen molar-refractivity contribution in [2.24, 2.45) is 7.05 Å². The summed E-state index contributed by atoms with van der Waals surface area (Å²) in [6, 6.07) is 9.20. The lowest BCUT2D eigenvalue weighted by Gasteiger charge is -2.24. The number of pyridine rings is 1. The summed E-state index contributed by atoms with van der Waals surface area (Å²) in [6.07, 6.45) is 1.61. The van der Waals surface area contributed by atoms with E-state index in [4.69, 9.17) is 17.3 Å². The van der Waals surface area contributed by atoms with Gasteiger partial charge in [0.2, 0.25) is 0 Å². The molecule has 3 N–H and O–H groups in total. The second-order valence-corrected chi connectivity index (χ2v) is 11.5. The van der Waals surface area contributed by atoms with Crippen molar-refractivity contribution in [1.29, 1.82) is 0 Å². The number of nitrogens with zero attached hydrogens (tertiary/aromatic N) is 1. The molecule has 6 nitrogen and oxygen atoms in total. The monoisotopic (exact) mass is 503 g/mol. The summed E-state index contributed by atoms with van der Waals surface area (Å²) in [5.41, 5.74) is 8.17. The van der Waals surface area contributed by atoms with E-state index in [1.54, 1.807) is 26.2 Å². The van der Waals surface area contributed by atoms with Crippen LogP contribution in [0, 0.1) is 5.82 Å². The van der Waals surface area contributed by atoms with Crippen LogP contribution in [0.4, 0.5) is 10.1 Å². The zero-order valence-corrected chi connectivity index (χ0v) is 21.2. The molecule has 1 heterocycles. The van der Waals surface area contributed by atoms with Crippen molar-refractivity contribution in [2.75, 3.05) is 5.73 Å². The topological polar surface area (TPSA) is 94.2 Å². The minimum atomic E-state index is -1.41. The number of nitrogens with two attached hydrogens (primary N) is 1. The average Bonchev–Trinajstić information content (AvgIpc) is 2.76. The summed E-state index contributed by atoms with van der Waals surface area (Å²) in [7, 11) is 0.193. The van der Waals surface area contributed by atoms with Gasteiger partial charge in [-0.25, -0.2) is 13.3 Å². The number of halogens is 2. The molecule has 0 aliphatic carbocycles. The summed E-state index contributed by atoms with van der Waals surface area (Å²) in [6.45, 7) is 7.32. The van der Waals surface area contributed by atoms with Crippen LogP contribution in [0.2, 0.25) is 5.02 Å². The Morgan fingerprint density at radius 3 is 2.35 bits per heavy atom. The summed E-state index contributed by atoms with van der Waals surface area (Å²) >= 11 is 6.26. The molecule has 0 amide bonds. The van der Waals surface area contributed by atoms with Gasteiger partial charge < -0.3 is 10.3 Å². The predicted octanol–water partition coefficient (Wildman–Crippen LogP) is 4.77. The van der Waals surface area contributed by atoms with Crippen LogP contribution in [-0.2, 0) is 18.0 Å². The minimum Gasteiger partial charge on any atom is -0.398 e. The SMILES string of the molecule is C[C@H](N[S@@](=O)C(C)(C)C)c1cc(=O)n(C)cc1-c1cc(N)c(Cl)cc1C(=O)c1ccc(F)cc1. The number of nitrogen functional groups attached to an aromatic ring is 1. The molecule has 34 heavy (non-hydrogen) atoms. The first-order chi connectivity index (χ1) is 15.8. The van der Waals surface area contributed by atoms with E-state index in [2.05, 4.69) is 4.72 Å². The van der Waals surface area contributed by atoms with Crippen LogP contribution in [0.15, 0.2) is 53.5 Å². The first-order valence-electron chi connectivity index (χ1n) is 10.6. The van der Waals surface area contributed by atoms with E-state index in [1.165, 1.54) is 41.0 Å². The van der Waals surface area contributed by atoms with Gasteiger partial charge in [0, 0.05) is 42.0 Å². The number of carbonyl (C=O) groups is 1. The lowest BCUT2D eigenvalue weighted by molar-refractivity contribution is 0.103. The standard InChI is InChI=1S/C25H27ClFN3O3S/c1-14(29-34(33)25(2,3)4)17-12-23(31)30(5)13-20(17)18-11-22(28)21(26)10-19(18)24(32)15-6-8-16(27)9-7-15/h6-14,29H,28H2,1-5H3/t14-,34-/m0/s1. The van der Waals surface area contributed by atoms with Gasteiger partial charge in [0.05, 0.1) is 26.4 Å². The van der Waals surface area contributed by atoms with Crippen LogP contribution in [-0.4, -0.2) is 19.3 Å². The Morgan fingerprint density at radius 2 is 1.76 bits per heavy atom. The molecular formula is C25H27ClFN3O3S. The number of anilines is 1. The van der Waals surface area contributed by atoms with Gasteiger partial charge >= 0.3 is 0 Å². The van der Waals surface area contributed by atoms with Gasteiger partial charge in [0.15, 0.2) is 5.78 Å². The lowest BCUT2D eigenvalue weighted by Crippen LogP contribution is -2.35. The number of hydrogen-bond acceptors (Lipinski definition) is 4. The fraction of sp³-hybridized carbons (Fsp3) is 0.280. The van der Waals surface area contributed by atoms with Gasteiger partial charge in [-0.1, -0.05) is 11.6 Å². The van der Waals surface area contributed by atoms with Gasteiger partial charge in [-0.15, -0.1) is 0 Å². The number of rotatable bonds is 6. The van der Waals surface area contributed by atoms with Crippen molar-refractivity contribution in [3.8, 4) is 11.1 Å². The fourth-order valence-electron chi connectivity index (χ4n) is 3.39. The third kappa shape index (κ3) is 5.46. The molecule has 3 rings (SSSR count). The molecule has 0 unspecified atom stereocenters. The first-order valence-corrected chi connectivity index (χ1v) is 12.1. The van der Waals surface area contributed by atoms with Gasteiger partial charge in [0.1, 0.15) is 5.82 Å². The Morgan fingerprint density at radius 1 is 1.15 bits per heavy atom. The molecule has 1 aromatic heterocycles. The molecule has 2 aromatic carbocycles. The summed E-state index contributed by atoms with van der Waals surface area (Å²) in [5.74, 6) is -0.838. The number of benzene rings is 2. The van der Waals surface area contributed by atoms with E-state index in [9.17, 15) is 18.2 Å². The quantitative estimate of drug-likeness (QED) is 0.374. The summed E-state index contributed by atoms with van der Waals surface area (Å²) in [5, 5.41) is 0.195. The molecule has 0 fully saturated rings. The molecule has 0 aliphatic rings. The fourth-order valence-corrected chi connectivity index (χ4v) is 4.35. The van der Waals surface area contributed by atoms with E-state index in [-0.39, 0.29) is 33.2 Å². The number of aromatic nitrogens is 1. The maximum atomic E-state index is 13.4. The molecule has 0 radical (unpaired) electrons. The molecule has 180 valence electrons. The summed E-state index contributed by atoms with van der Waals surface area (Å²) in [4.78, 5) is 25.9. The predicted molar refractivity (Wildman–Crippen MR) is 136 cm³/mol. The van der Waals surface area contributed by atoms with Crippen LogP contribution >= 0.6 is 11.6 Å². The van der Waals surface area contributed by atoms with Crippen LogP contribution < -0.4 is 16.0 Å². The Labute approximate surface area is 205 Å². The maximum absolute atomic E-state index is 13.4. The van der Waals surface area contributed by atoms with Crippen molar-refractivity contribution in [1.82, 2.24) is 9.29 Å².